The number of nitrogens with zero attached hydrogens (tertiary/aromatic N) is 2. The Morgan fingerprint density at radius 1 is 1.35 bits per heavy atom. The van der Waals surface area contributed by atoms with Crippen LogP contribution in [0.1, 0.15) is 22.8 Å². The average molecular weight is 294 g/mol. The minimum Gasteiger partial charge on any atom is -0.340 e. The number of nitrogens with one attached hydrogen (secondary N) is 2. The van der Waals surface area contributed by atoms with Gasteiger partial charge in [-0.25, -0.2) is 13.1 Å². The highest BCUT2D eigenvalue weighted by Gasteiger charge is 2.18. The van der Waals surface area contributed by atoms with Gasteiger partial charge in [-0.1, -0.05) is 11.2 Å². The molecule has 0 aliphatic carbocycles. The molecule has 0 unspecified atom stereocenters. The van der Waals surface area contributed by atoms with Crippen molar-refractivity contribution in [3.63, 3.8) is 0 Å². The predicted molar refractivity (Wildman–Crippen MR) is 70.0 cm³/mol. The predicted octanol–water partition coefficient (Wildman–Crippen LogP) is 0.460. The Balaban J connectivity index is 1.78. The Bertz CT molecular complexity index is 739. The smallest absolute Gasteiger partial charge is 0.240 e. The molecule has 1 aliphatic rings. The molecule has 0 radical (unpaired) electrons. The number of aryl methyl sites for hydroxylation is 1. The molecule has 1 aromatic heterocycles. The highest BCUT2D eigenvalue weighted by molar-refractivity contribution is 7.89. The van der Waals surface area contributed by atoms with Crippen LogP contribution >= 0.6 is 0 Å². The zero-order valence-electron chi connectivity index (χ0n) is 10.9. The highest BCUT2D eigenvalue weighted by atomic mass is 32.2. The number of hydrogen-bond donors (Lipinski definition) is 2. The lowest BCUT2D eigenvalue weighted by atomic mass is 10.1. The van der Waals surface area contributed by atoms with Crippen LogP contribution in [0.25, 0.3) is 0 Å². The molecule has 20 heavy (non-hydrogen) atoms. The first kappa shape index (κ1) is 13.2. The summed E-state index contributed by atoms with van der Waals surface area (Å²) in [7, 11) is -3.57. The lowest BCUT2D eigenvalue weighted by molar-refractivity contribution is 0.387. The fraction of sp³-hybridized carbons (Fsp3) is 0.333. The van der Waals surface area contributed by atoms with Gasteiger partial charge in [0.2, 0.25) is 15.9 Å². The molecule has 1 aliphatic heterocycles. The van der Waals surface area contributed by atoms with Crippen molar-refractivity contribution in [3.05, 3.63) is 41.0 Å². The van der Waals surface area contributed by atoms with Gasteiger partial charge in [0.15, 0.2) is 5.82 Å². The number of fused-ring (bicyclic) bond motifs is 1. The van der Waals surface area contributed by atoms with Gasteiger partial charge < -0.3 is 9.84 Å². The summed E-state index contributed by atoms with van der Waals surface area (Å²) in [5.41, 5.74) is 2.15. The van der Waals surface area contributed by atoms with Crippen LogP contribution in [0.3, 0.4) is 0 Å². The Hall–Kier alpha value is -1.77. The summed E-state index contributed by atoms with van der Waals surface area (Å²) < 4.78 is 31.6. The number of rotatable bonds is 4. The van der Waals surface area contributed by atoms with Gasteiger partial charge in [0.1, 0.15) is 0 Å². The summed E-state index contributed by atoms with van der Waals surface area (Å²) in [5.74, 6) is 0.719. The third kappa shape index (κ3) is 2.58. The average Bonchev–Trinajstić information content (AvgIpc) is 3.04. The lowest BCUT2D eigenvalue weighted by Crippen LogP contribution is -2.24. The van der Waals surface area contributed by atoms with Gasteiger partial charge in [-0.15, -0.1) is 0 Å². The van der Waals surface area contributed by atoms with Crippen LogP contribution in [0.15, 0.2) is 27.6 Å². The van der Waals surface area contributed by atoms with Crippen molar-refractivity contribution >= 4 is 10.0 Å². The molecule has 7 nitrogen and oxygen atoms in total. The quantitative estimate of drug-likeness (QED) is 0.850. The summed E-state index contributed by atoms with van der Waals surface area (Å²) in [4.78, 5) is 4.20. The molecule has 0 bridgehead atoms. The Labute approximate surface area is 116 Å². The van der Waals surface area contributed by atoms with E-state index in [-0.39, 0.29) is 11.4 Å². The van der Waals surface area contributed by atoms with Crippen LogP contribution in [0.5, 0.6) is 0 Å². The molecule has 106 valence electrons. The third-order valence-electron chi connectivity index (χ3n) is 3.11. The van der Waals surface area contributed by atoms with Gasteiger partial charge in [-0.05, 0) is 23.3 Å². The zero-order valence-corrected chi connectivity index (χ0v) is 11.7. The van der Waals surface area contributed by atoms with Crippen molar-refractivity contribution < 1.29 is 12.9 Å². The van der Waals surface area contributed by atoms with E-state index in [4.69, 9.17) is 4.52 Å². The van der Waals surface area contributed by atoms with Crippen LogP contribution < -0.4 is 10.0 Å². The first-order valence-corrected chi connectivity index (χ1v) is 7.64. The Morgan fingerprint density at radius 3 is 2.90 bits per heavy atom. The van der Waals surface area contributed by atoms with Crippen molar-refractivity contribution in [1.82, 2.24) is 20.2 Å². The van der Waals surface area contributed by atoms with E-state index in [1.807, 2.05) is 6.07 Å². The molecular weight excluding hydrogens is 280 g/mol. The molecule has 2 N–H and O–H groups in total. The maximum atomic E-state index is 12.2. The molecule has 0 saturated carbocycles. The van der Waals surface area contributed by atoms with Crippen LogP contribution in [0.2, 0.25) is 0 Å². The van der Waals surface area contributed by atoms with Crippen molar-refractivity contribution in [2.24, 2.45) is 0 Å². The molecule has 2 aromatic rings. The SMILES string of the molecule is Cc1nc(CNS(=O)(=O)c2ccc3c(c2)CNC3)no1. The molecule has 0 fully saturated rings. The topological polar surface area (TPSA) is 97.1 Å². The van der Waals surface area contributed by atoms with E-state index in [1.54, 1.807) is 19.1 Å². The van der Waals surface area contributed by atoms with Crippen molar-refractivity contribution in [3.8, 4) is 0 Å². The largest absolute Gasteiger partial charge is 0.340 e. The summed E-state index contributed by atoms with van der Waals surface area (Å²) >= 11 is 0. The number of benzene rings is 1. The van der Waals surface area contributed by atoms with Gasteiger partial charge in [0.05, 0.1) is 11.4 Å². The van der Waals surface area contributed by atoms with Crippen LogP contribution in [-0.4, -0.2) is 18.6 Å². The summed E-state index contributed by atoms with van der Waals surface area (Å²) in [6.45, 7) is 3.14. The van der Waals surface area contributed by atoms with E-state index in [0.717, 1.165) is 17.7 Å². The van der Waals surface area contributed by atoms with Crippen LogP contribution in [0.4, 0.5) is 0 Å². The number of hydrogen-bond acceptors (Lipinski definition) is 6. The minimum atomic E-state index is -3.57. The monoisotopic (exact) mass is 294 g/mol. The zero-order chi connectivity index (χ0) is 14.2. The third-order valence-corrected chi connectivity index (χ3v) is 4.51. The van der Waals surface area contributed by atoms with E-state index in [2.05, 4.69) is 20.2 Å². The second-order valence-corrected chi connectivity index (χ2v) is 6.36. The van der Waals surface area contributed by atoms with Crippen molar-refractivity contribution in [1.29, 1.82) is 0 Å². The molecule has 2 heterocycles. The van der Waals surface area contributed by atoms with Gasteiger partial charge in [-0.2, -0.15) is 4.98 Å². The summed E-state index contributed by atoms with van der Waals surface area (Å²) in [6, 6.07) is 5.14. The Morgan fingerprint density at radius 2 is 2.15 bits per heavy atom. The van der Waals surface area contributed by atoms with E-state index in [9.17, 15) is 8.42 Å². The molecule has 0 spiro atoms. The molecule has 1 aromatic carbocycles. The first-order valence-electron chi connectivity index (χ1n) is 6.16. The van der Waals surface area contributed by atoms with Gasteiger partial charge in [0, 0.05) is 20.0 Å². The Kier molecular flexibility index (Phi) is 3.28. The fourth-order valence-corrected chi connectivity index (χ4v) is 3.12. The standard InChI is InChI=1S/C12H14N4O3S/c1-8-15-12(16-19-8)7-14-20(17,18)11-3-2-9-5-13-6-10(9)4-11/h2-4,13-14H,5-7H2,1H3. The number of sulfonamides is 1. The molecule has 3 rings (SSSR count). The van der Waals surface area contributed by atoms with E-state index < -0.39 is 10.0 Å². The highest BCUT2D eigenvalue weighted by Crippen LogP contribution is 2.19. The van der Waals surface area contributed by atoms with Crippen molar-refractivity contribution in [2.75, 3.05) is 0 Å². The summed E-state index contributed by atoms with van der Waals surface area (Å²) in [5, 5.41) is 6.83. The second kappa shape index (κ2) is 4.97. The maximum absolute atomic E-state index is 12.2. The van der Waals surface area contributed by atoms with Crippen LogP contribution in [0, 0.1) is 6.92 Å². The fourth-order valence-electron chi connectivity index (χ4n) is 2.09. The van der Waals surface area contributed by atoms with Gasteiger partial charge in [0.25, 0.3) is 0 Å². The molecule has 0 amide bonds. The molecule has 0 saturated heterocycles. The molecule has 8 heteroatoms. The normalized spacial score (nSPS) is 14.4. The first-order chi connectivity index (χ1) is 9.54. The minimum absolute atomic E-state index is 0.00894. The van der Waals surface area contributed by atoms with E-state index >= 15 is 0 Å². The number of aromatic nitrogens is 2. The van der Waals surface area contributed by atoms with Crippen LogP contribution in [-0.2, 0) is 29.7 Å². The lowest BCUT2D eigenvalue weighted by Gasteiger charge is -2.06. The molecular formula is C12H14N4O3S. The summed E-state index contributed by atoms with van der Waals surface area (Å²) in [6.07, 6.45) is 0. The van der Waals surface area contributed by atoms with Gasteiger partial charge >= 0.3 is 0 Å². The van der Waals surface area contributed by atoms with E-state index in [0.29, 0.717) is 18.3 Å². The van der Waals surface area contributed by atoms with Crippen molar-refractivity contribution in [2.45, 2.75) is 31.5 Å². The van der Waals surface area contributed by atoms with E-state index in [1.165, 1.54) is 0 Å². The second-order valence-electron chi connectivity index (χ2n) is 4.59. The van der Waals surface area contributed by atoms with Gasteiger partial charge in [-0.3, -0.25) is 0 Å². The molecule has 0 atom stereocenters. The maximum Gasteiger partial charge on any atom is 0.240 e.